The average molecular weight is 429 g/mol. The Morgan fingerprint density at radius 3 is 2.74 bits per heavy atom. The van der Waals surface area contributed by atoms with Crippen LogP contribution in [0.15, 0.2) is 47.6 Å². The number of aliphatic imine (C=N–C) groups is 1. The fourth-order valence-electron chi connectivity index (χ4n) is 1.86. The van der Waals surface area contributed by atoms with Crippen LogP contribution in [0.25, 0.3) is 0 Å². The number of hydrogen-bond donors (Lipinski definition) is 3. The first-order valence-electron chi connectivity index (χ1n) is 7.56. The van der Waals surface area contributed by atoms with Crippen molar-refractivity contribution >= 4 is 29.9 Å². The molecule has 2 aromatic rings. The van der Waals surface area contributed by atoms with Gasteiger partial charge in [-0.1, -0.05) is 18.2 Å². The zero-order valence-corrected chi connectivity index (χ0v) is 15.6. The van der Waals surface area contributed by atoms with E-state index in [1.165, 1.54) is 0 Å². The first kappa shape index (κ1) is 19.3. The second-order valence-corrected chi connectivity index (χ2v) is 4.72. The van der Waals surface area contributed by atoms with Crippen LogP contribution in [0.4, 0.5) is 0 Å². The van der Waals surface area contributed by atoms with E-state index < -0.39 is 0 Å². The van der Waals surface area contributed by atoms with Gasteiger partial charge in [-0.3, -0.25) is 5.10 Å². The van der Waals surface area contributed by atoms with E-state index in [-0.39, 0.29) is 24.0 Å². The van der Waals surface area contributed by atoms with E-state index in [1.54, 1.807) is 6.20 Å². The second kappa shape index (κ2) is 11.8. The lowest BCUT2D eigenvalue weighted by Gasteiger charge is -2.11. The summed E-state index contributed by atoms with van der Waals surface area (Å²) in [6.07, 6.45) is 2.63. The highest BCUT2D eigenvalue weighted by atomic mass is 127. The fraction of sp³-hybridized carbons (Fsp3) is 0.375. The standard InChI is InChI=1S/C16H23N5O.HI/c1-2-17-16(19-13-14-9-11-20-21-14)18-10-6-12-22-15-7-4-3-5-8-15;/h3-5,7-9,11H,2,6,10,12-13H2,1H3,(H,20,21)(H2,17,18,19);1H. The summed E-state index contributed by atoms with van der Waals surface area (Å²) in [6, 6.07) is 11.8. The van der Waals surface area contributed by atoms with Crippen LogP contribution in [0.2, 0.25) is 0 Å². The maximum absolute atomic E-state index is 5.65. The molecule has 0 aliphatic heterocycles. The van der Waals surface area contributed by atoms with Crippen molar-refractivity contribution in [3.05, 3.63) is 48.3 Å². The van der Waals surface area contributed by atoms with Crippen LogP contribution in [0, 0.1) is 0 Å². The van der Waals surface area contributed by atoms with Crippen molar-refractivity contribution in [3.63, 3.8) is 0 Å². The predicted molar refractivity (Wildman–Crippen MR) is 103 cm³/mol. The molecule has 0 aliphatic carbocycles. The first-order valence-corrected chi connectivity index (χ1v) is 7.56. The van der Waals surface area contributed by atoms with E-state index in [2.05, 4.69) is 25.8 Å². The van der Waals surface area contributed by atoms with Crippen molar-refractivity contribution in [3.8, 4) is 5.75 Å². The zero-order chi connectivity index (χ0) is 15.5. The van der Waals surface area contributed by atoms with E-state index >= 15 is 0 Å². The molecule has 1 aromatic heterocycles. The number of aromatic nitrogens is 2. The first-order chi connectivity index (χ1) is 10.9. The molecule has 0 saturated heterocycles. The number of guanidine groups is 1. The maximum Gasteiger partial charge on any atom is 0.191 e. The van der Waals surface area contributed by atoms with E-state index in [1.807, 2.05) is 43.3 Å². The third-order valence-corrected chi connectivity index (χ3v) is 2.94. The van der Waals surface area contributed by atoms with Crippen LogP contribution < -0.4 is 15.4 Å². The number of rotatable bonds is 8. The lowest BCUT2D eigenvalue weighted by molar-refractivity contribution is 0.311. The van der Waals surface area contributed by atoms with E-state index in [9.17, 15) is 0 Å². The van der Waals surface area contributed by atoms with Crippen molar-refractivity contribution in [2.75, 3.05) is 19.7 Å². The number of para-hydroxylation sites is 1. The minimum absolute atomic E-state index is 0. The van der Waals surface area contributed by atoms with Gasteiger partial charge in [-0.15, -0.1) is 24.0 Å². The van der Waals surface area contributed by atoms with Crippen LogP contribution in [-0.2, 0) is 6.54 Å². The summed E-state index contributed by atoms with van der Waals surface area (Å²) < 4.78 is 5.65. The third kappa shape index (κ3) is 7.87. The molecule has 6 nitrogen and oxygen atoms in total. The average Bonchev–Trinajstić information content (AvgIpc) is 3.06. The highest BCUT2D eigenvalue weighted by Gasteiger charge is 1.98. The number of aromatic amines is 1. The molecule has 1 aromatic carbocycles. The molecule has 0 unspecified atom stereocenters. The van der Waals surface area contributed by atoms with Crippen molar-refractivity contribution < 1.29 is 4.74 Å². The van der Waals surface area contributed by atoms with Crippen LogP contribution in [-0.4, -0.2) is 35.9 Å². The molecule has 0 saturated carbocycles. The molecular formula is C16H24IN5O. The van der Waals surface area contributed by atoms with Crippen molar-refractivity contribution in [1.29, 1.82) is 0 Å². The summed E-state index contributed by atoms with van der Waals surface area (Å²) in [7, 11) is 0. The molecule has 1 heterocycles. The van der Waals surface area contributed by atoms with Gasteiger partial charge in [0.2, 0.25) is 0 Å². The van der Waals surface area contributed by atoms with Crippen LogP contribution in [0.5, 0.6) is 5.75 Å². The summed E-state index contributed by atoms with van der Waals surface area (Å²) >= 11 is 0. The van der Waals surface area contributed by atoms with Gasteiger partial charge in [0.15, 0.2) is 5.96 Å². The normalized spacial score (nSPS) is 10.7. The molecule has 0 atom stereocenters. The van der Waals surface area contributed by atoms with Gasteiger partial charge < -0.3 is 15.4 Å². The van der Waals surface area contributed by atoms with E-state index in [0.29, 0.717) is 13.2 Å². The number of ether oxygens (including phenoxy) is 1. The Morgan fingerprint density at radius 1 is 1.22 bits per heavy atom. The Balaban J connectivity index is 0.00000264. The summed E-state index contributed by atoms with van der Waals surface area (Å²) in [6.45, 7) is 4.94. The molecule has 2 rings (SSSR count). The van der Waals surface area contributed by atoms with Crippen molar-refractivity contribution in [2.24, 2.45) is 4.99 Å². The predicted octanol–water partition coefficient (Wildman–Crippen LogP) is 2.55. The third-order valence-electron chi connectivity index (χ3n) is 2.94. The largest absolute Gasteiger partial charge is 0.494 e. The van der Waals surface area contributed by atoms with Gasteiger partial charge in [0, 0.05) is 19.3 Å². The van der Waals surface area contributed by atoms with Crippen molar-refractivity contribution in [1.82, 2.24) is 20.8 Å². The summed E-state index contributed by atoms with van der Waals surface area (Å²) in [4.78, 5) is 4.49. The zero-order valence-electron chi connectivity index (χ0n) is 13.3. The fourth-order valence-corrected chi connectivity index (χ4v) is 1.86. The molecule has 3 N–H and O–H groups in total. The molecule has 0 amide bonds. The minimum atomic E-state index is 0. The molecule has 0 radical (unpaired) electrons. The van der Waals surface area contributed by atoms with Crippen LogP contribution in [0.1, 0.15) is 19.0 Å². The Labute approximate surface area is 154 Å². The van der Waals surface area contributed by atoms with Crippen LogP contribution in [0.3, 0.4) is 0 Å². The highest BCUT2D eigenvalue weighted by Crippen LogP contribution is 2.07. The molecule has 0 aliphatic rings. The molecule has 126 valence electrons. The Kier molecular flexibility index (Phi) is 9.85. The molecular weight excluding hydrogens is 405 g/mol. The molecule has 0 spiro atoms. The molecule has 23 heavy (non-hydrogen) atoms. The number of nitrogens with zero attached hydrogens (tertiary/aromatic N) is 2. The van der Waals surface area contributed by atoms with Gasteiger partial charge >= 0.3 is 0 Å². The topological polar surface area (TPSA) is 74.3 Å². The van der Waals surface area contributed by atoms with Gasteiger partial charge in [0.05, 0.1) is 18.8 Å². The number of halogens is 1. The van der Waals surface area contributed by atoms with Gasteiger partial charge in [0.1, 0.15) is 5.75 Å². The van der Waals surface area contributed by atoms with Gasteiger partial charge in [-0.05, 0) is 31.5 Å². The SMILES string of the molecule is CCNC(=NCc1ccn[nH]1)NCCCOc1ccccc1.I. The van der Waals surface area contributed by atoms with Crippen molar-refractivity contribution in [2.45, 2.75) is 19.9 Å². The smallest absolute Gasteiger partial charge is 0.191 e. The maximum atomic E-state index is 5.65. The Hall–Kier alpha value is -1.77. The van der Waals surface area contributed by atoms with Gasteiger partial charge in [-0.25, -0.2) is 4.99 Å². The highest BCUT2D eigenvalue weighted by molar-refractivity contribution is 14.0. The lowest BCUT2D eigenvalue weighted by Crippen LogP contribution is -2.38. The van der Waals surface area contributed by atoms with Crippen LogP contribution >= 0.6 is 24.0 Å². The minimum Gasteiger partial charge on any atom is -0.494 e. The number of H-pyrrole nitrogens is 1. The number of hydrogen-bond acceptors (Lipinski definition) is 3. The summed E-state index contributed by atoms with van der Waals surface area (Å²) in [5, 5.41) is 13.3. The van der Waals surface area contributed by atoms with Gasteiger partial charge in [-0.2, -0.15) is 5.10 Å². The molecule has 7 heteroatoms. The quantitative estimate of drug-likeness (QED) is 0.261. The monoisotopic (exact) mass is 429 g/mol. The summed E-state index contributed by atoms with van der Waals surface area (Å²) in [5.74, 6) is 1.71. The van der Waals surface area contributed by atoms with E-state index in [4.69, 9.17) is 4.74 Å². The molecule has 0 bridgehead atoms. The second-order valence-electron chi connectivity index (χ2n) is 4.72. The van der Waals surface area contributed by atoms with Gasteiger partial charge in [0.25, 0.3) is 0 Å². The Morgan fingerprint density at radius 2 is 2.04 bits per heavy atom. The number of benzene rings is 1. The molecule has 0 fully saturated rings. The lowest BCUT2D eigenvalue weighted by atomic mass is 10.3. The summed E-state index contributed by atoms with van der Waals surface area (Å²) in [5.41, 5.74) is 0.990. The number of nitrogens with one attached hydrogen (secondary N) is 3. The Bertz CT molecular complexity index is 545. The van der Waals surface area contributed by atoms with E-state index in [0.717, 1.165) is 36.9 Å².